The summed E-state index contributed by atoms with van der Waals surface area (Å²) in [4.78, 5) is 0. The van der Waals surface area contributed by atoms with Gasteiger partial charge in [-0.25, -0.2) is 0 Å². The lowest BCUT2D eigenvalue weighted by atomic mass is 9.65. The molecule has 0 heteroatoms. The molecule has 0 aromatic heterocycles. The Bertz CT molecular complexity index is 2420. The molecule has 6 aliphatic rings. The SMILES string of the molecule is C1=CCCC=C1.CC.CC.Cc1ccc(C(C)(C)c2cc3c(cc2/C2=C/C=C\C4C=CC2=CC4)C2=CCCC=C2C3(c2ccccc2)c2ccccc2)cc1.Cc1ccccc1. The number of fused-ring (bicyclic) bond motifs is 5. The Morgan fingerprint density at radius 3 is 1.61 bits per heavy atom. The number of rotatable bonds is 5. The fourth-order valence-electron chi connectivity index (χ4n) is 9.29. The zero-order valence-electron chi connectivity index (χ0n) is 38.7. The van der Waals surface area contributed by atoms with Gasteiger partial charge in [0, 0.05) is 5.41 Å². The van der Waals surface area contributed by atoms with Crippen LogP contribution in [-0.4, -0.2) is 0 Å². The van der Waals surface area contributed by atoms with Crippen LogP contribution < -0.4 is 0 Å². The summed E-state index contributed by atoms with van der Waals surface area (Å²) in [5, 5.41) is 0. The van der Waals surface area contributed by atoms with E-state index in [0.29, 0.717) is 5.92 Å². The van der Waals surface area contributed by atoms with Crippen LogP contribution in [0.2, 0.25) is 0 Å². The summed E-state index contributed by atoms with van der Waals surface area (Å²) < 4.78 is 0. The highest BCUT2D eigenvalue weighted by molar-refractivity contribution is 5.97. The number of allylic oxidation sites excluding steroid dienone is 16. The Labute approximate surface area is 375 Å². The van der Waals surface area contributed by atoms with E-state index in [9.17, 15) is 0 Å². The molecule has 11 rings (SSSR count). The van der Waals surface area contributed by atoms with E-state index in [1.165, 1.54) is 85.2 Å². The molecule has 0 saturated heterocycles. The second-order valence-electron chi connectivity index (χ2n) is 16.7. The van der Waals surface area contributed by atoms with Crippen LogP contribution >= 0.6 is 0 Å². The molecule has 0 spiro atoms. The van der Waals surface area contributed by atoms with Gasteiger partial charge in [0.05, 0.1) is 5.41 Å². The second-order valence-corrected chi connectivity index (χ2v) is 16.7. The largest absolute Gasteiger partial charge is 0.0842 e. The van der Waals surface area contributed by atoms with Crippen LogP contribution in [0.25, 0.3) is 11.1 Å². The van der Waals surface area contributed by atoms with Gasteiger partial charge in [-0.15, -0.1) is 0 Å². The van der Waals surface area contributed by atoms with Crippen LogP contribution in [0, 0.1) is 19.8 Å². The highest BCUT2D eigenvalue weighted by Crippen LogP contribution is 2.60. The summed E-state index contributed by atoms with van der Waals surface area (Å²) in [6.07, 6.45) is 33.4. The standard InChI is InChI=1S/C45H40.C7H8.C6H8.2C2H6/c1-31-21-27-34(28-22-31)44(2,3)42-30-43-40(29-39(42)37-19-12-13-32-23-25-33(37)26-24-32)38-18-10-11-20-41(38)45(43,35-14-6-4-7-15-35)36-16-8-5-9-17-36;1-7-5-3-2-4-6-7;1-2-4-6-5-3-1;2*1-2/h4-9,12-23,25-30,32H,10-11,24H2,1-3H3;2-6H,1H3;1-4H,5-6H2;2*1-2H3/b13-12-,37-19+;;;;. The normalized spacial score (nSPS) is 18.5. The van der Waals surface area contributed by atoms with Gasteiger partial charge in [-0.2, -0.15) is 0 Å². The van der Waals surface area contributed by atoms with Crippen molar-refractivity contribution in [2.45, 2.75) is 98.3 Å². The van der Waals surface area contributed by atoms with Crippen LogP contribution in [0.15, 0.2) is 211 Å². The maximum atomic E-state index is 2.60. The molecule has 0 radical (unpaired) electrons. The van der Waals surface area contributed by atoms with Crippen molar-refractivity contribution in [2.75, 3.05) is 0 Å². The topological polar surface area (TPSA) is 0 Å². The molecular formula is C62H68. The van der Waals surface area contributed by atoms with Crippen molar-refractivity contribution in [3.05, 3.63) is 262 Å². The van der Waals surface area contributed by atoms with E-state index in [2.05, 4.69) is 210 Å². The summed E-state index contributed by atoms with van der Waals surface area (Å²) in [5.74, 6) is 0.493. The van der Waals surface area contributed by atoms with Crippen LogP contribution in [0.5, 0.6) is 0 Å². The molecule has 6 aliphatic carbocycles. The van der Waals surface area contributed by atoms with Crippen LogP contribution in [0.1, 0.15) is 124 Å². The Morgan fingerprint density at radius 1 is 0.532 bits per heavy atom. The maximum absolute atomic E-state index is 2.60. The lowest BCUT2D eigenvalue weighted by molar-refractivity contribution is 0.634. The minimum absolute atomic E-state index is 0.234. The van der Waals surface area contributed by atoms with Gasteiger partial charge < -0.3 is 0 Å². The van der Waals surface area contributed by atoms with E-state index >= 15 is 0 Å². The summed E-state index contributed by atoms with van der Waals surface area (Å²) in [5.41, 5.74) is 17.0. The summed E-state index contributed by atoms with van der Waals surface area (Å²) in [6.45, 7) is 17.1. The van der Waals surface area contributed by atoms with Gasteiger partial charge in [0.15, 0.2) is 0 Å². The average Bonchev–Trinajstić information content (AvgIpc) is 3.62. The van der Waals surface area contributed by atoms with Gasteiger partial charge in [0.2, 0.25) is 0 Å². The molecule has 0 heterocycles. The molecule has 0 aliphatic heterocycles. The van der Waals surface area contributed by atoms with Crippen LogP contribution in [-0.2, 0) is 10.8 Å². The van der Waals surface area contributed by atoms with Crippen LogP contribution in [0.3, 0.4) is 0 Å². The summed E-state index contributed by atoms with van der Waals surface area (Å²) in [7, 11) is 0. The van der Waals surface area contributed by atoms with Crippen molar-refractivity contribution in [1.82, 2.24) is 0 Å². The van der Waals surface area contributed by atoms with Gasteiger partial charge in [0.1, 0.15) is 0 Å². The minimum Gasteiger partial charge on any atom is -0.0842 e. The molecule has 2 bridgehead atoms. The first-order chi connectivity index (χ1) is 30.4. The number of hydrogen-bond donors (Lipinski definition) is 0. The lowest BCUT2D eigenvalue weighted by Crippen LogP contribution is -2.30. The van der Waals surface area contributed by atoms with E-state index in [0.717, 1.165) is 19.3 Å². The number of hydrogen-bond acceptors (Lipinski definition) is 0. The zero-order chi connectivity index (χ0) is 44.0. The summed E-state index contributed by atoms with van der Waals surface area (Å²) >= 11 is 0. The monoisotopic (exact) mass is 813 g/mol. The quantitative estimate of drug-likeness (QED) is 0.166. The van der Waals surface area contributed by atoms with E-state index in [4.69, 9.17) is 0 Å². The maximum Gasteiger partial charge on any atom is 0.0710 e. The summed E-state index contributed by atoms with van der Waals surface area (Å²) in [6, 6.07) is 47.1. The van der Waals surface area contributed by atoms with Crippen molar-refractivity contribution in [1.29, 1.82) is 0 Å². The van der Waals surface area contributed by atoms with Crippen molar-refractivity contribution in [3.8, 4) is 0 Å². The Kier molecular flexibility index (Phi) is 15.9. The molecular weight excluding hydrogens is 745 g/mol. The molecule has 1 atom stereocenters. The van der Waals surface area contributed by atoms with Gasteiger partial charge in [0.25, 0.3) is 0 Å². The Hall–Kier alpha value is -5.98. The first kappa shape index (κ1) is 45.5. The van der Waals surface area contributed by atoms with Gasteiger partial charge in [-0.1, -0.05) is 247 Å². The molecule has 0 saturated carbocycles. The third kappa shape index (κ3) is 9.72. The fraction of sp³-hybridized carbons (Fsp3) is 0.258. The Morgan fingerprint density at radius 2 is 1.10 bits per heavy atom. The smallest absolute Gasteiger partial charge is 0.0710 e. The third-order valence-corrected chi connectivity index (χ3v) is 12.4. The molecule has 0 amide bonds. The molecule has 5 aromatic rings. The highest BCUT2D eigenvalue weighted by atomic mass is 14.5. The van der Waals surface area contributed by atoms with Crippen molar-refractivity contribution in [3.63, 3.8) is 0 Å². The van der Waals surface area contributed by atoms with E-state index < -0.39 is 0 Å². The van der Waals surface area contributed by atoms with Crippen molar-refractivity contribution < 1.29 is 0 Å². The van der Waals surface area contributed by atoms with E-state index in [-0.39, 0.29) is 10.8 Å². The Balaban J connectivity index is 0.000000318. The fourth-order valence-corrected chi connectivity index (χ4v) is 9.29. The molecule has 0 fully saturated rings. The minimum atomic E-state index is -0.382. The first-order valence-corrected chi connectivity index (χ1v) is 23.3. The van der Waals surface area contributed by atoms with Gasteiger partial charge >= 0.3 is 0 Å². The van der Waals surface area contributed by atoms with E-state index in [1.54, 1.807) is 0 Å². The van der Waals surface area contributed by atoms with Crippen molar-refractivity contribution in [2.24, 2.45) is 5.92 Å². The van der Waals surface area contributed by atoms with Gasteiger partial charge in [-0.05, 0) is 119 Å². The molecule has 62 heavy (non-hydrogen) atoms. The lowest BCUT2D eigenvalue weighted by Gasteiger charge is -2.37. The van der Waals surface area contributed by atoms with Gasteiger partial charge in [-0.3, -0.25) is 0 Å². The number of aryl methyl sites for hydroxylation is 2. The predicted octanol–water partition coefficient (Wildman–Crippen LogP) is 17.2. The number of benzene rings is 5. The molecule has 0 N–H and O–H groups in total. The molecule has 0 nitrogen and oxygen atoms in total. The molecule has 1 unspecified atom stereocenters. The predicted molar refractivity (Wildman–Crippen MR) is 272 cm³/mol. The average molecular weight is 813 g/mol. The van der Waals surface area contributed by atoms with Crippen LogP contribution in [0.4, 0.5) is 0 Å². The highest BCUT2D eigenvalue weighted by Gasteiger charge is 2.49. The van der Waals surface area contributed by atoms with E-state index in [1.807, 2.05) is 45.9 Å². The zero-order valence-corrected chi connectivity index (χ0v) is 38.7. The molecule has 316 valence electrons. The first-order valence-electron chi connectivity index (χ1n) is 23.3. The van der Waals surface area contributed by atoms with Crippen molar-refractivity contribution >= 4 is 11.1 Å². The molecule has 5 aromatic carbocycles. The second kappa shape index (κ2) is 21.7. The third-order valence-electron chi connectivity index (χ3n) is 12.4.